The van der Waals surface area contributed by atoms with Gasteiger partial charge in [-0.2, -0.15) is 5.26 Å². The summed E-state index contributed by atoms with van der Waals surface area (Å²) < 4.78 is 7.49. The quantitative estimate of drug-likeness (QED) is 0.939. The maximum absolute atomic E-state index is 9.85. The van der Waals surface area contributed by atoms with Gasteiger partial charge in [0.25, 0.3) is 0 Å². The third-order valence-corrected chi connectivity index (χ3v) is 4.36. The highest BCUT2D eigenvalue weighted by Gasteiger charge is 2.33. The lowest BCUT2D eigenvalue weighted by atomic mass is 9.81. The van der Waals surface area contributed by atoms with Crippen LogP contribution in [0.1, 0.15) is 18.4 Å². The van der Waals surface area contributed by atoms with Crippen LogP contribution in [0.15, 0.2) is 36.7 Å². The Labute approximate surface area is 129 Å². The number of imidazole rings is 1. The Kier molecular flexibility index (Phi) is 4.23. The van der Waals surface area contributed by atoms with E-state index in [9.17, 15) is 5.11 Å². The third kappa shape index (κ3) is 2.89. The first kappa shape index (κ1) is 14.8. The summed E-state index contributed by atoms with van der Waals surface area (Å²) in [6, 6.07) is 9.60. The summed E-state index contributed by atoms with van der Waals surface area (Å²) in [7, 11) is 0. The van der Waals surface area contributed by atoms with Crippen molar-refractivity contribution in [2.24, 2.45) is 5.41 Å². The Hall–Kier alpha value is -2.16. The fourth-order valence-corrected chi connectivity index (χ4v) is 2.96. The molecule has 0 atom stereocenters. The first-order valence-electron chi connectivity index (χ1n) is 7.47. The molecule has 1 aromatic heterocycles. The molecular weight excluding hydrogens is 278 g/mol. The van der Waals surface area contributed by atoms with Crippen LogP contribution >= 0.6 is 0 Å². The van der Waals surface area contributed by atoms with Crippen LogP contribution in [0.5, 0.6) is 0 Å². The second-order valence-electron chi connectivity index (χ2n) is 5.84. The van der Waals surface area contributed by atoms with Crippen LogP contribution in [0.3, 0.4) is 0 Å². The van der Waals surface area contributed by atoms with Crippen molar-refractivity contribution >= 4 is 0 Å². The molecular formula is C17H19N3O2. The van der Waals surface area contributed by atoms with Gasteiger partial charge in [0.2, 0.25) is 0 Å². The Balaban J connectivity index is 1.90. The largest absolute Gasteiger partial charge is 0.396 e. The van der Waals surface area contributed by atoms with E-state index in [1.54, 1.807) is 12.3 Å². The highest BCUT2D eigenvalue weighted by molar-refractivity contribution is 5.58. The number of nitriles is 1. The topological polar surface area (TPSA) is 71.1 Å². The maximum atomic E-state index is 9.85. The van der Waals surface area contributed by atoms with Crippen LogP contribution in [0.25, 0.3) is 11.4 Å². The molecule has 1 aliphatic rings. The minimum atomic E-state index is -0.152. The summed E-state index contributed by atoms with van der Waals surface area (Å²) in [6.07, 6.45) is 5.39. The molecule has 5 heteroatoms. The van der Waals surface area contributed by atoms with Gasteiger partial charge in [-0.05, 0) is 25.0 Å². The molecule has 0 aliphatic carbocycles. The van der Waals surface area contributed by atoms with Gasteiger partial charge in [0.05, 0.1) is 18.2 Å². The number of ether oxygens (including phenoxy) is 1. The van der Waals surface area contributed by atoms with Crippen molar-refractivity contribution in [2.75, 3.05) is 19.8 Å². The minimum absolute atomic E-state index is 0.145. The van der Waals surface area contributed by atoms with Gasteiger partial charge in [-0.3, -0.25) is 0 Å². The number of hydrogen-bond donors (Lipinski definition) is 1. The average molecular weight is 297 g/mol. The summed E-state index contributed by atoms with van der Waals surface area (Å²) in [5.74, 6) is 0.830. The number of aliphatic hydroxyl groups excluding tert-OH is 1. The molecule has 1 fully saturated rings. The fourth-order valence-electron chi connectivity index (χ4n) is 2.96. The average Bonchev–Trinajstić information content (AvgIpc) is 3.03. The smallest absolute Gasteiger partial charge is 0.139 e. The van der Waals surface area contributed by atoms with Gasteiger partial charge >= 0.3 is 0 Å². The normalized spacial score (nSPS) is 17.1. The van der Waals surface area contributed by atoms with E-state index in [0.717, 1.165) is 24.2 Å². The maximum Gasteiger partial charge on any atom is 0.139 e. The highest BCUT2D eigenvalue weighted by atomic mass is 16.5. The van der Waals surface area contributed by atoms with Gasteiger partial charge in [0.1, 0.15) is 5.82 Å². The van der Waals surface area contributed by atoms with Crippen molar-refractivity contribution < 1.29 is 9.84 Å². The zero-order chi connectivity index (χ0) is 15.4. The van der Waals surface area contributed by atoms with Gasteiger partial charge in [-0.1, -0.05) is 12.1 Å². The fraction of sp³-hybridized carbons (Fsp3) is 0.412. The molecule has 2 aromatic rings. The van der Waals surface area contributed by atoms with Crippen LogP contribution in [-0.2, 0) is 11.3 Å². The molecule has 1 aliphatic heterocycles. The third-order valence-electron chi connectivity index (χ3n) is 4.36. The molecule has 0 radical (unpaired) electrons. The molecule has 5 nitrogen and oxygen atoms in total. The van der Waals surface area contributed by atoms with Crippen molar-refractivity contribution in [3.63, 3.8) is 0 Å². The zero-order valence-electron chi connectivity index (χ0n) is 12.4. The Morgan fingerprint density at radius 3 is 2.91 bits per heavy atom. The lowest BCUT2D eigenvalue weighted by molar-refractivity contribution is -0.0250. The molecule has 2 heterocycles. The van der Waals surface area contributed by atoms with Crippen molar-refractivity contribution in [3.05, 3.63) is 42.2 Å². The second kappa shape index (κ2) is 6.30. The molecule has 0 spiro atoms. The molecule has 0 unspecified atom stereocenters. The molecule has 0 saturated carbocycles. The SMILES string of the molecule is N#Cc1cccc(-c2nccn2CC2(CO)CCOCC2)c1. The standard InChI is InChI=1S/C17H19N3O2/c18-11-14-2-1-3-15(10-14)16-19-6-7-20(16)12-17(13-21)4-8-22-9-5-17/h1-3,6-7,10,21H,4-5,8-9,12-13H2. The molecule has 1 aromatic carbocycles. The van der Waals surface area contributed by atoms with E-state index >= 15 is 0 Å². The van der Waals surface area contributed by atoms with E-state index in [1.807, 2.05) is 24.4 Å². The van der Waals surface area contributed by atoms with Crippen LogP contribution in [0.4, 0.5) is 0 Å². The molecule has 1 saturated heterocycles. The molecule has 114 valence electrons. The van der Waals surface area contributed by atoms with Gasteiger partial charge in [0.15, 0.2) is 0 Å². The monoisotopic (exact) mass is 297 g/mol. The van der Waals surface area contributed by atoms with Crippen molar-refractivity contribution in [3.8, 4) is 17.5 Å². The van der Waals surface area contributed by atoms with Crippen LogP contribution in [-0.4, -0.2) is 34.5 Å². The zero-order valence-corrected chi connectivity index (χ0v) is 12.4. The summed E-state index contributed by atoms with van der Waals surface area (Å²) in [6.45, 7) is 2.23. The summed E-state index contributed by atoms with van der Waals surface area (Å²) in [5.41, 5.74) is 1.39. The van der Waals surface area contributed by atoms with E-state index in [0.29, 0.717) is 25.3 Å². The van der Waals surface area contributed by atoms with Crippen molar-refractivity contribution in [2.45, 2.75) is 19.4 Å². The van der Waals surface area contributed by atoms with Gasteiger partial charge in [-0.15, -0.1) is 0 Å². The number of hydrogen-bond acceptors (Lipinski definition) is 4. The number of aromatic nitrogens is 2. The van der Waals surface area contributed by atoms with Crippen molar-refractivity contribution in [1.82, 2.24) is 9.55 Å². The molecule has 3 rings (SSSR count). The van der Waals surface area contributed by atoms with E-state index < -0.39 is 0 Å². The Morgan fingerprint density at radius 2 is 2.18 bits per heavy atom. The first-order chi connectivity index (χ1) is 10.8. The highest BCUT2D eigenvalue weighted by Crippen LogP contribution is 2.33. The predicted molar refractivity (Wildman–Crippen MR) is 81.9 cm³/mol. The Morgan fingerprint density at radius 1 is 1.36 bits per heavy atom. The number of aliphatic hydroxyl groups is 1. The van der Waals surface area contributed by atoms with Gasteiger partial charge < -0.3 is 14.4 Å². The number of benzene rings is 1. The lowest BCUT2D eigenvalue weighted by Gasteiger charge is -2.36. The lowest BCUT2D eigenvalue weighted by Crippen LogP contribution is -2.37. The van der Waals surface area contributed by atoms with E-state index in [4.69, 9.17) is 10.00 Å². The van der Waals surface area contributed by atoms with E-state index in [1.165, 1.54) is 0 Å². The predicted octanol–water partition coefficient (Wildman–Crippen LogP) is 2.21. The van der Waals surface area contributed by atoms with E-state index in [-0.39, 0.29) is 12.0 Å². The molecule has 0 amide bonds. The van der Waals surface area contributed by atoms with Crippen molar-refractivity contribution in [1.29, 1.82) is 5.26 Å². The summed E-state index contributed by atoms with van der Waals surface area (Å²) >= 11 is 0. The molecule has 22 heavy (non-hydrogen) atoms. The summed E-state index contributed by atoms with van der Waals surface area (Å²) in [5, 5.41) is 18.9. The molecule has 0 bridgehead atoms. The second-order valence-corrected chi connectivity index (χ2v) is 5.84. The van der Waals surface area contributed by atoms with Crippen LogP contribution in [0, 0.1) is 16.7 Å². The van der Waals surface area contributed by atoms with Gasteiger partial charge in [0, 0.05) is 43.1 Å². The first-order valence-corrected chi connectivity index (χ1v) is 7.47. The Bertz CT molecular complexity index is 681. The number of rotatable bonds is 4. The molecule has 1 N–H and O–H groups in total. The van der Waals surface area contributed by atoms with E-state index in [2.05, 4.69) is 15.6 Å². The van der Waals surface area contributed by atoms with Gasteiger partial charge in [-0.25, -0.2) is 4.98 Å². The van der Waals surface area contributed by atoms with Crippen LogP contribution in [0.2, 0.25) is 0 Å². The van der Waals surface area contributed by atoms with Crippen LogP contribution < -0.4 is 0 Å². The number of nitrogens with zero attached hydrogens (tertiary/aromatic N) is 3. The minimum Gasteiger partial charge on any atom is -0.396 e. The summed E-state index contributed by atoms with van der Waals surface area (Å²) in [4.78, 5) is 4.43.